The highest BCUT2D eigenvalue weighted by Crippen LogP contribution is 2.09. The van der Waals surface area contributed by atoms with Crippen LogP contribution in [-0.4, -0.2) is 32.4 Å². The van der Waals surface area contributed by atoms with Gasteiger partial charge in [0, 0.05) is 31.5 Å². The quantitative estimate of drug-likeness (QED) is 0.822. The molecule has 1 amide bonds. The highest BCUT2D eigenvalue weighted by Gasteiger charge is 2.09. The fourth-order valence-electron chi connectivity index (χ4n) is 1.71. The fourth-order valence-corrected chi connectivity index (χ4v) is 2.74. The van der Waals surface area contributed by atoms with Crippen molar-refractivity contribution in [3.63, 3.8) is 0 Å². The molecule has 1 rings (SSSR count). The second kappa shape index (κ2) is 6.68. The minimum atomic E-state index is -2.96. The van der Waals surface area contributed by atoms with Gasteiger partial charge < -0.3 is 10.6 Å². The van der Waals surface area contributed by atoms with Crippen LogP contribution in [0.3, 0.4) is 0 Å². The Morgan fingerprint density at radius 1 is 1.26 bits per heavy atom. The standard InChI is InChI=1S/C13H20N2O3S/c1-10(9-19(3,17)18)14-8-12-4-6-13(7-5-12)15-11(2)16/h4-7,10,14H,8-9H2,1-3H3,(H,15,16). The molecule has 0 aliphatic rings. The van der Waals surface area contributed by atoms with Crippen LogP contribution in [0.5, 0.6) is 0 Å². The number of anilines is 1. The van der Waals surface area contributed by atoms with Crippen molar-refractivity contribution < 1.29 is 13.2 Å². The van der Waals surface area contributed by atoms with E-state index in [0.29, 0.717) is 6.54 Å². The number of hydrogen-bond acceptors (Lipinski definition) is 4. The molecule has 0 fully saturated rings. The van der Waals surface area contributed by atoms with Gasteiger partial charge >= 0.3 is 0 Å². The summed E-state index contributed by atoms with van der Waals surface area (Å²) in [5.74, 6) is 0.0180. The van der Waals surface area contributed by atoms with Crippen molar-refractivity contribution in [2.24, 2.45) is 0 Å². The summed E-state index contributed by atoms with van der Waals surface area (Å²) in [4.78, 5) is 10.9. The first-order chi connectivity index (χ1) is 8.76. The van der Waals surface area contributed by atoms with Crippen LogP contribution in [0, 0.1) is 0 Å². The van der Waals surface area contributed by atoms with Crippen molar-refractivity contribution >= 4 is 21.4 Å². The molecule has 0 aromatic heterocycles. The molecular weight excluding hydrogens is 264 g/mol. The third kappa shape index (κ3) is 6.93. The second-order valence-corrected chi connectivity index (χ2v) is 6.94. The van der Waals surface area contributed by atoms with E-state index < -0.39 is 9.84 Å². The molecule has 0 bridgehead atoms. The Bertz CT molecular complexity index is 523. The minimum absolute atomic E-state index is 0.0926. The van der Waals surface area contributed by atoms with E-state index in [2.05, 4.69) is 10.6 Å². The van der Waals surface area contributed by atoms with E-state index in [9.17, 15) is 13.2 Å². The Kier molecular flexibility index (Phi) is 5.50. The van der Waals surface area contributed by atoms with Gasteiger partial charge in [0.05, 0.1) is 5.75 Å². The Morgan fingerprint density at radius 3 is 2.32 bits per heavy atom. The topological polar surface area (TPSA) is 75.3 Å². The predicted molar refractivity (Wildman–Crippen MR) is 76.8 cm³/mol. The molecule has 0 saturated carbocycles. The zero-order chi connectivity index (χ0) is 14.5. The normalized spacial score (nSPS) is 13.0. The van der Waals surface area contributed by atoms with Crippen LogP contribution in [0.4, 0.5) is 5.69 Å². The van der Waals surface area contributed by atoms with Gasteiger partial charge in [-0.25, -0.2) is 8.42 Å². The fraction of sp³-hybridized carbons (Fsp3) is 0.462. The summed E-state index contributed by atoms with van der Waals surface area (Å²) in [5, 5.41) is 5.84. The molecule has 1 aromatic rings. The van der Waals surface area contributed by atoms with Crippen LogP contribution in [0.25, 0.3) is 0 Å². The number of benzene rings is 1. The summed E-state index contributed by atoms with van der Waals surface area (Å²) >= 11 is 0. The van der Waals surface area contributed by atoms with E-state index in [1.807, 2.05) is 31.2 Å². The molecule has 0 aliphatic heterocycles. The molecule has 0 saturated heterocycles. The maximum absolute atomic E-state index is 11.1. The highest BCUT2D eigenvalue weighted by atomic mass is 32.2. The smallest absolute Gasteiger partial charge is 0.221 e. The van der Waals surface area contributed by atoms with Gasteiger partial charge in [-0.3, -0.25) is 4.79 Å². The second-order valence-electron chi connectivity index (χ2n) is 4.75. The Morgan fingerprint density at radius 2 is 1.84 bits per heavy atom. The van der Waals surface area contributed by atoms with Crippen molar-refractivity contribution in [1.82, 2.24) is 5.32 Å². The first-order valence-electron chi connectivity index (χ1n) is 6.04. The lowest BCUT2D eigenvalue weighted by molar-refractivity contribution is -0.114. The van der Waals surface area contributed by atoms with E-state index in [0.717, 1.165) is 11.3 Å². The first kappa shape index (κ1) is 15.7. The molecule has 19 heavy (non-hydrogen) atoms. The van der Waals surface area contributed by atoms with Gasteiger partial charge in [-0.15, -0.1) is 0 Å². The lowest BCUT2D eigenvalue weighted by Crippen LogP contribution is -2.32. The van der Waals surface area contributed by atoms with Gasteiger partial charge in [0.2, 0.25) is 5.91 Å². The van der Waals surface area contributed by atoms with Gasteiger partial charge in [-0.1, -0.05) is 12.1 Å². The molecule has 1 atom stereocenters. The molecule has 5 nitrogen and oxygen atoms in total. The molecule has 1 unspecified atom stereocenters. The van der Waals surface area contributed by atoms with Gasteiger partial charge in [-0.05, 0) is 24.6 Å². The molecule has 0 aliphatic carbocycles. The van der Waals surface area contributed by atoms with E-state index in [-0.39, 0.29) is 17.7 Å². The number of hydrogen-bond donors (Lipinski definition) is 2. The Labute approximate surface area is 114 Å². The van der Waals surface area contributed by atoms with E-state index in [1.54, 1.807) is 0 Å². The largest absolute Gasteiger partial charge is 0.326 e. The summed E-state index contributed by atoms with van der Waals surface area (Å²) in [6, 6.07) is 7.33. The van der Waals surface area contributed by atoms with Crippen LogP contribution in [-0.2, 0) is 21.2 Å². The third-order valence-electron chi connectivity index (χ3n) is 2.48. The molecule has 6 heteroatoms. The summed E-state index contributed by atoms with van der Waals surface area (Å²) in [5.41, 5.74) is 1.79. The number of nitrogens with one attached hydrogen (secondary N) is 2. The molecule has 0 heterocycles. The number of carbonyl (C=O) groups excluding carboxylic acids is 1. The van der Waals surface area contributed by atoms with Crippen LogP contribution >= 0.6 is 0 Å². The predicted octanol–water partition coefficient (Wildman–Crippen LogP) is 1.17. The minimum Gasteiger partial charge on any atom is -0.326 e. The number of amides is 1. The van der Waals surface area contributed by atoms with Gasteiger partial charge in [0.25, 0.3) is 0 Å². The zero-order valence-electron chi connectivity index (χ0n) is 11.4. The zero-order valence-corrected chi connectivity index (χ0v) is 12.3. The molecule has 1 aromatic carbocycles. The van der Waals surface area contributed by atoms with Crippen molar-refractivity contribution in [1.29, 1.82) is 0 Å². The van der Waals surface area contributed by atoms with Gasteiger partial charge in [-0.2, -0.15) is 0 Å². The van der Waals surface area contributed by atoms with Crippen LogP contribution in [0.15, 0.2) is 24.3 Å². The van der Waals surface area contributed by atoms with Gasteiger partial charge in [0.1, 0.15) is 9.84 Å². The summed E-state index contributed by atoms with van der Waals surface area (Å²) in [6.07, 6.45) is 1.23. The van der Waals surface area contributed by atoms with Crippen molar-refractivity contribution in [3.8, 4) is 0 Å². The van der Waals surface area contributed by atoms with Crippen LogP contribution < -0.4 is 10.6 Å². The maximum atomic E-state index is 11.1. The lowest BCUT2D eigenvalue weighted by atomic mass is 10.2. The van der Waals surface area contributed by atoms with Crippen molar-refractivity contribution in [2.45, 2.75) is 26.4 Å². The summed E-state index contributed by atoms with van der Waals surface area (Å²) < 4.78 is 22.2. The Balaban J connectivity index is 2.48. The molecule has 2 N–H and O–H groups in total. The molecule has 106 valence electrons. The van der Waals surface area contributed by atoms with E-state index >= 15 is 0 Å². The Hall–Kier alpha value is -1.40. The highest BCUT2D eigenvalue weighted by molar-refractivity contribution is 7.90. The van der Waals surface area contributed by atoms with Crippen molar-refractivity contribution in [2.75, 3.05) is 17.3 Å². The summed E-state index contributed by atoms with van der Waals surface area (Å²) in [7, 11) is -2.96. The number of rotatable bonds is 6. The first-order valence-corrected chi connectivity index (χ1v) is 8.10. The number of carbonyl (C=O) groups is 1. The van der Waals surface area contributed by atoms with Gasteiger partial charge in [0.15, 0.2) is 0 Å². The van der Waals surface area contributed by atoms with Crippen LogP contribution in [0.1, 0.15) is 19.4 Å². The molecule has 0 spiro atoms. The van der Waals surface area contributed by atoms with E-state index in [4.69, 9.17) is 0 Å². The lowest BCUT2D eigenvalue weighted by Gasteiger charge is -2.13. The number of sulfone groups is 1. The average Bonchev–Trinajstić information content (AvgIpc) is 2.25. The molecule has 0 radical (unpaired) electrons. The average molecular weight is 284 g/mol. The summed E-state index contributed by atoms with van der Waals surface area (Å²) in [6.45, 7) is 3.89. The van der Waals surface area contributed by atoms with Crippen LogP contribution in [0.2, 0.25) is 0 Å². The SMILES string of the molecule is CC(=O)Nc1ccc(CNC(C)CS(C)(=O)=O)cc1. The third-order valence-corrected chi connectivity index (χ3v) is 3.59. The van der Waals surface area contributed by atoms with Crippen molar-refractivity contribution in [3.05, 3.63) is 29.8 Å². The maximum Gasteiger partial charge on any atom is 0.221 e. The van der Waals surface area contributed by atoms with E-state index in [1.165, 1.54) is 13.2 Å². The molecular formula is C13H20N2O3S. The monoisotopic (exact) mass is 284 g/mol.